The molecule has 38 heavy (non-hydrogen) atoms. The third-order valence-corrected chi connectivity index (χ3v) is 7.05. The second-order valence-electron chi connectivity index (χ2n) is 8.74. The van der Waals surface area contributed by atoms with Crippen molar-refractivity contribution in [1.29, 1.82) is 0 Å². The van der Waals surface area contributed by atoms with Crippen molar-refractivity contribution in [1.82, 2.24) is 14.5 Å². The molecule has 0 amide bonds. The normalized spacial score (nSPS) is 12.2. The first kappa shape index (κ1) is 23.5. The number of rotatable bonds is 4. The molecule has 0 aliphatic heterocycles. The van der Waals surface area contributed by atoms with Crippen LogP contribution >= 0.6 is 11.3 Å². The number of benzene rings is 4. The van der Waals surface area contributed by atoms with Gasteiger partial charge >= 0.3 is 0 Å². The zero-order valence-corrected chi connectivity index (χ0v) is 21.4. The van der Waals surface area contributed by atoms with Crippen LogP contribution in [0.2, 0.25) is 0 Å². The van der Waals surface area contributed by atoms with Gasteiger partial charge in [-0.1, -0.05) is 108 Å². The first-order valence-corrected chi connectivity index (χ1v) is 13.0. The molecule has 0 aliphatic rings. The van der Waals surface area contributed by atoms with E-state index in [1.165, 1.54) is 11.3 Å². The predicted molar refractivity (Wildman–Crippen MR) is 154 cm³/mol. The summed E-state index contributed by atoms with van der Waals surface area (Å²) >= 11 is 1.30. The maximum Gasteiger partial charge on any atom is 0.270 e. The van der Waals surface area contributed by atoms with E-state index in [1.807, 2.05) is 127 Å². The summed E-state index contributed by atoms with van der Waals surface area (Å²) in [4.78, 5) is 31.7. The average molecular weight is 514 g/mol. The van der Waals surface area contributed by atoms with Crippen molar-refractivity contribution in [3.8, 4) is 17.1 Å². The fraction of sp³-hybridized carbons (Fsp3) is 0.0323. The van der Waals surface area contributed by atoms with E-state index in [0.29, 0.717) is 26.8 Å². The monoisotopic (exact) mass is 513 g/mol. The van der Waals surface area contributed by atoms with Gasteiger partial charge in [0.15, 0.2) is 16.3 Å². The van der Waals surface area contributed by atoms with Crippen molar-refractivity contribution >= 4 is 33.2 Å². The highest BCUT2D eigenvalue weighted by Gasteiger charge is 2.16. The van der Waals surface area contributed by atoms with Gasteiger partial charge < -0.3 is 4.98 Å². The number of hydrogen-bond acceptors (Lipinski definition) is 4. The van der Waals surface area contributed by atoms with E-state index in [0.717, 1.165) is 28.1 Å². The van der Waals surface area contributed by atoms with Crippen LogP contribution < -0.4 is 10.4 Å². The van der Waals surface area contributed by atoms with Gasteiger partial charge in [-0.15, -0.1) is 0 Å². The number of fused-ring (bicyclic) bond motifs is 1. The van der Waals surface area contributed by atoms with Crippen LogP contribution in [0.15, 0.2) is 130 Å². The summed E-state index contributed by atoms with van der Waals surface area (Å²) in [5, 5.41) is 0. The van der Waals surface area contributed by atoms with E-state index in [9.17, 15) is 4.79 Å². The van der Waals surface area contributed by atoms with Crippen LogP contribution in [-0.4, -0.2) is 20.4 Å². The fourth-order valence-corrected chi connectivity index (χ4v) is 5.08. The van der Waals surface area contributed by atoms with E-state index in [-0.39, 0.29) is 5.56 Å². The molecule has 6 aromatic rings. The molecule has 0 spiro atoms. The number of aromatic nitrogens is 3. The lowest BCUT2D eigenvalue weighted by Crippen LogP contribution is -2.17. The van der Waals surface area contributed by atoms with E-state index >= 15 is 0 Å². The highest BCUT2D eigenvalue weighted by atomic mass is 32.1. The number of hydrogen-bond donors (Lipinski definition) is 1. The second kappa shape index (κ2) is 10.2. The number of aromatic amines is 1. The molecule has 0 fully saturated rings. The van der Waals surface area contributed by atoms with Crippen molar-refractivity contribution < 1.29 is 0 Å². The maximum atomic E-state index is 13.3. The summed E-state index contributed by atoms with van der Waals surface area (Å²) in [6.07, 6.45) is 0. The summed E-state index contributed by atoms with van der Waals surface area (Å²) < 4.78 is 2.42. The summed E-state index contributed by atoms with van der Waals surface area (Å²) in [6.45, 7) is 2.05. The average Bonchev–Trinajstić information content (AvgIpc) is 3.33. The molecule has 0 saturated carbocycles. The van der Waals surface area contributed by atoms with Crippen LogP contribution in [0.1, 0.15) is 11.1 Å². The van der Waals surface area contributed by atoms with Crippen LogP contribution in [0.4, 0.5) is 5.69 Å². The number of aryl methyl sites for hydroxylation is 1. The molecular weight excluding hydrogens is 490 g/mol. The van der Waals surface area contributed by atoms with Gasteiger partial charge in [0.1, 0.15) is 10.5 Å². The molecule has 6 rings (SSSR count). The minimum atomic E-state index is -0.207. The Morgan fingerprint density at radius 1 is 0.816 bits per heavy atom. The Hall–Kier alpha value is -4.88. The summed E-state index contributed by atoms with van der Waals surface area (Å²) in [7, 11) is 0. The van der Waals surface area contributed by atoms with Gasteiger partial charge in [-0.05, 0) is 31.2 Å². The molecule has 2 aromatic heterocycles. The maximum absolute atomic E-state index is 13.3. The van der Waals surface area contributed by atoms with Crippen LogP contribution in [0.3, 0.4) is 0 Å². The number of thiazole rings is 1. The van der Waals surface area contributed by atoms with Gasteiger partial charge in [-0.2, -0.15) is 0 Å². The number of nitrogens with one attached hydrogen (secondary N) is 1. The van der Waals surface area contributed by atoms with Crippen LogP contribution in [-0.2, 0) is 0 Å². The molecule has 4 aromatic carbocycles. The van der Waals surface area contributed by atoms with Gasteiger partial charge in [-0.25, -0.2) is 15.0 Å². The predicted octanol–water partition coefficient (Wildman–Crippen LogP) is 6.43. The molecular formula is C31H23N5OS. The molecule has 0 atom stereocenters. The lowest BCUT2D eigenvalue weighted by molar-refractivity contribution is 1.02. The zero-order valence-electron chi connectivity index (χ0n) is 20.6. The minimum absolute atomic E-state index is 0.207. The molecule has 7 heteroatoms. The highest BCUT2D eigenvalue weighted by Crippen LogP contribution is 2.21. The number of para-hydroxylation sites is 2. The lowest BCUT2D eigenvalue weighted by atomic mass is 10.1. The van der Waals surface area contributed by atoms with E-state index < -0.39 is 0 Å². The van der Waals surface area contributed by atoms with Gasteiger partial charge in [0.25, 0.3) is 5.56 Å². The Morgan fingerprint density at radius 3 is 2.13 bits per heavy atom. The molecule has 0 unspecified atom stereocenters. The molecule has 6 nitrogen and oxygen atoms in total. The van der Waals surface area contributed by atoms with E-state index in [1.54, 1.807) is 0 Å². The summed E-state index contributed by atoms with van der Waals surface area (Å²) in [5.41, 5.74) is 4.86. The van der Waals surface area contributed by atoms with Crippen LogP contribution in [0.25, 0.3) is 27.4 Å². The van der Waals surface area contributed by atoms with Gasteiger partial charge in [-0.3, -0.25) is 9.36 Å². The molecule has 184 valence electrons. The highest BCUT2D eigenvalue weighted by molar-refractivity contribution is 7.16. The molecule has 0 radical (unpaired) electrons. The fourth-order valence-electron chi connectivity index (χ4n) is 4.11. The Morgan fingerprint density at radius 2 is 1.45 bits per heavy atom. The van der Waals surface area contributed by atoms with Crippen molar-refractivity contribution in [2.45, 2.75) is 6.92 Å². The van der Waals surface area contributed by atoms with Crippen LogP contribution in [0.5, 0.6) is 0 Å². The topological polar surface area (TPSA) is 75.4 Å². The third kappa shape index (κ3) is 4.75. The summed E-state index contributed by atoms with van der Waals surface area (Å²) in [6, 6.07) is 37.3. The first-order chi connectivity index (χ1) is 18.7. The molecule has 1 N–H and O–H groups in total. The Kier molecular flexibility index (Phi) is 6.34. The number of nitrogens with zero attached hydrogens (tertiary/aromatic N) is 4. The quantitative estimate of drug-likeness (QED) is 0.218. The second-order valence-corrected chi connectivity index (χ2v) is 9.72. The smallest absolute Gasteiger partial charge is 0.270 e. The Labute approximate surface area is 223 Å². The summed E-state index contributed by atoms with van der Waals surface area (Å²) in [5.74, 6) is 1.06. The Bertz CT molecular complexity index is 1870. The standard InChI is InChI=1S/C31H23N5OS/c1-21-17-19-23(20-18-21)27(32-24-13-7-3-8-14-24)35-31-36(25-15-9-4-10-16-25)29-26(38-31)30(37)34-28(33-29)22-11-5-2-6-12-22/h2-20H,1H3,(H,33,34,37). The van der Waals surface area contributed by atoms with E-state index in [4.69, 9.17) is 15.0 Å². The largest absolute Gasteiger partial charge is 0.305 e. The van der Waals surface area contributed by atoms with Gasteiger partial charge in [0.2, 0.25) is 0 Å². The third-order valence-electron chi connectivity index (χ3n) is 6.02. The molecule has 0 aliphatic carbocycles. The minimum Gasteiger partial charge on any atom is -0.305 e. The van der Waals surface area contributed by atoms with Crippen molar-refractivity contribution in [2.24, 2.45) is 9.98 Å². The van der Waals surface area contributed by atoms with Crippen molar-refractivity contribution in [3.05, 3.63) is 142 Å². The zero-order chi connectivity index (χ0) is 25.9. The molecule has 0 saturated heterocycles. The van der Waals surface area contributed by atoms with Gasteiger partial charge in [0, 0.05) is 16.8 Å². The molecule has 2 heterocycles. The van der Waals surface area contributed by atoms with Gasteiger partial charge in [0.05, 0.1) is 5.69 Å². The van der Waals surface area contributed by atoms with Crippen molar-refractivity contribution in [2.75, 3.05) is 0 Å². The van der Waals surface area contributed by atoms with Crippen molar-refractivity contribution in [3.63, 3.8) is 0 Å². The Balaban J connectivity index is 1.65. The molecule has 0 bridgehead atoms. The number of amidine groups is 1. The lowest BCUT2D eigenvalue weighted by Gasteiger charge is -2.07. The first-order valence-electron chi connectivity index (χ1n) is 12.2. The van der Waals surface area contributed by atoms with Crippen LogP contribution in [0, 0.1) is 6.92 Å². The number of H-pyrrole nitrogens is 1. The van der Waals surface area contributed by atoms with E-state index in [2.05, 4.69) is 4.98 Å². The number of aliphatic imine (C=N–C) groups is 1. The SMILES string of the molecule is Cc1ccc(C(=Nc2ccccc2)N=c2sc3c(=O)[nH]c(-c4ccccc4)nc3n2-c2ccccc2)cc1.